The van der Waals surface area contributed by atoms with E-state index in [2.05, 4.69) is 10.4 Å². The molecule has 3 aromatic rings. The first-order chi connectivity index (χ1) is 12.9. The van der Waals surface area contributed by atoms with Crippen LogP contribution in [0.25, 0.3) is 16.6 Å². The third-order valence-electron chi connectivity index (χ3n) is 4.55. The fourth-order valence-electron chi connectivity index (χ4n) is 3.28. The van der Waals surface area contributed by atoms with Gasteiger partial charge in [0.15, 0.2) is 0 Å². The van der Waals surface area contributed by atoms with Gasteiger partial charge >= 0.3 is 0 Å². The maximum absolute atomic E-state index is 13.7. The summed E-state index contributed by atoms with van der Waals surface area (Å²) >= 11 is 0. The molecule has 0 bridgehead atoms. The van der Waals surface area contributed by atoms with Gasteiger partial charge in [-0.3, -0.25) is 4.79 Å². The molecule has 0 spiro atoms. The molecule has 1 saturated heterocycles. The number of halogens is 2. The SMILES string of the molecule is [2H]C1(c2ccc(-n3cc4cc(F)cc(C(N)=O)c4n3)cc2)CNCC(F)C1. The topological polar surface area (TPSA) is 72.9 Å². The summed E-state index contributed by atoms with van der Waals surface area (Å²) in [6.07, 6.45) is 0.706. The number of amides is 1. The van der Waals surface area contributed by atoms with Gasteiger partial charge < -0.3 is 11.1 Å². The van der Waals surface area contributed by atoms with Gasteiger partial charge in [-0.2, -0.15) is 5.10 Å². The Hall–Kier alpha value is -2.80. The molecule has 1 aliphatic heterocycles. The monoisotopic (exact) mass is 357 g/mol. The summed E-state index contributed by atoms with van der Waals surface area (Å²) in [5.74, 6) is -2.33. The fourth-order valence-corrected chi connectivity index (χ4v) is 3.28. The molecule has 0 radical (unpaired) electrons. The Kier molecular flexibility index (Phi) is 3.86. The molecular weight excluding hydrogens is 338 g/mol. The van der Waals surface area contributed by atoms with Crippen LogP contribution in [0.3, 0.4) is 0 Å². The van der Waals surface area contributed by atoms with Crippen molar-refractivity contribution in [1.82, 2.24) is 15.1 Å². The van der Waals surface area contributed by atoms with Crippen molar-refractivity contribution in [2.45, 2.75) is 18.5 Å². The van der Waals surface area contributed by atoms with Gasteiger partial charge in [0.25, 0.3) is 5.91 Å². The average molecular weight is 357 g/mol. The van der Waals surface area contributed by atoms with Crippen LogP contribution in [0.4, 0.5) is 8.78 Å². The summed E-state index contributed by atoms with van der Waals surface area (Å²) < 4.78 is 37.5. The summed E-state index contributed by atoms with van der Waals surface area (Å²) in [7, 11) is 0. The van der Waals surface area contributed by atoms with Crippen molar-refractivity contribution in [3.63, 3.8) is 0 Å². The van der Waals surface area contributed by atoms with Gasteiger partial charge in [0.05, 0.1) is 11.3 Å². The number of benzene rings is 2. The number of aromatic nitrogens is 2. The highest BCUT2D eigenvalue weighted by Crippen LogP contribution is 2.26. The lowest BCUT2D eigenvalue weighted by Gasteiger charge is -2.26. The van der Waals surface area contributed by atoms with Crippen LogP contribution in [0.15, 0.2) is 42.6 Å². The second-order valence-corrected chi connectivity index (χ2v) is 6.41. The van der Waals surface area contributed by atoms with Crippen LogP contribution in [-0.4, -0.2) is 34.9 Å². The first-order valence-electron chi connectivity index (χ1n) is 8.80. The lowest BCUT2D eigenvalue weighted by atomic mass is 9.91. The Morgan fingerprint density at radius 2 is 2.08 bits per heavy atom. The van der Waals surface area contributed by atoms with Gasteiger partial charge in [-0.15, -0.1) is 0 Å². The van der Waals surface area contributed by atoms with Crippen molar-refractivity contribution in [2.75, 3.05) is 13.1 Å². The predicted molar refractivity (Wildman–Crippen MR) is 94.7 cm³/mol. The van der Waals surface area contributed by atoms with Crippen molar-refractivity contribution in [1.29, 1.82) is 0 Å². The summed E-state index contributed by atoms with van der Waals surface area (Å²) in [4.78, 5) is 11.5. The van der Waals surface area contributed by atoms with E-state index in [4.69, 9.17) is 7.10 Å². The minimum Gasteiger partial charge on any atom is -0.366 e. The molecule has 2 aromatic carbocycles. The maximum Gasteiger partial charge on any atom is 0.251 e. The van der Waals surface area contributed by atoms with Crippen LogP contribution < -0.4 is 11.1 Å². The van der Waals surface area contributed by atoms with E-state index in [1.54, 1.807) is 30.5 Å². The average Bonchev–Trinajstić information content (AvgIpc) is 3.04. The van der Waals surface area contributed by atoms with E-state index in [1.807, 2.05) is 0 Å². The van der Waals surface area contributed by atoms with Gasteiger partial charge in [0.2, 0.25) is 0 Å². The highest BCUT2D eigenvalue weighted by atomic mass is 19.1. The summed E-state index contributed by atoms with van der Waals surface area (Å²) in [6, 6.07) is 9.42. The highest BCUT2D eigenvalue weighted by Gasteiger charge is 2.22. The molecule has 1 amide bonds. The Morgan fingerprint density at radius 3 is 2.77 bits per heavy atom. The van der Waals surface area contributed by atoms with Crippen molar-refractivity contribution in [2.24, 2.45) is 5.73 Å². The number of nitrogens with one attached hydrogen (secondary N) is 1. The fraction of sp³-hybridized carbons (Fsp3) is 0.263. The number of carbonyl (C=O) groups is 1. The van der Waals surface area contributed by atoms with E-state index in [0.29, 0.717) is 28.7 Å². The number of piperidine rings is 1. The Balaban J connectivity index is 1.70. The molecular formula is C19H18F2N4O. The molecule has 2 heterocycles. The Bertz CT molecular complexity index is 1020. The summed E-state index contributed by atoms with van der Waals surface area (Å²) in [5.41, 5.74) is 7.04. The lowest BCUT2D eigenvalue weighted by molar-refractivity contribution is 0.100. The van der Waals surface area contributed by atoms with E-state index in [9.17, 15) is 13.6 Å². The van der Waals surface area contributed by atoms with E-state index in [0.717, 1.165) is 6.07 Å². The highest BCUT2D eigenvalue weighted by molar-refractivity contribution is 6.04. The molecule has 5 nitrogen and oxygen atoms in total. The number of rotatable bonds is 3. The molecule has 134 valence electrons. The smallest absolute Gasteiger partial charge is 0.251 e. The molecule has 2 atom stereocenters. The summed E-state index contributed by atoms with van der Waals surface area (Å²) in [6.45, 7) is 0.664. The van der Waals surface area contributed by atoms with Gasteiger partial charge in [-0.05, 0) is 42.1 Å². The van der Waals surface area contributed by atoms with E-state index in [-0.39, 0.29) is 18.5 Å². The van der Waals surface area contributed by atoms with Crippen LogP contribution in [0.2, 0.25) is 0 Å². The zero-order valence-corrected chi connectivity index (χ0v) is 13.9. The van der Waals surface area contributed by atoms with Crippen molar-refractivity contribution < 1.29 is 14.9 Å². The third-order valence-corrected chi connectivity index (χ3v) is 4.55. The minimum absolute atomic E-state index is 0.0211. The largest absolute Gasteiger partial charge is 0.366 e. The molecule has 0 saturated carbocycles. The third kappa shape index (κ3) is 3.06. The quantitative estimate of drug-likeness (QED) is 0.757. The van der Waals surface area contributed by atoms with Crippen molar-refractivity contribution in [3.8, 4) is 5.69 Å². The number of carbonyl (C=O) groups excluding carboxylic acids is 1. The number of fused-ring (bicyclic) bond motifs is 1. The second kappa shape index (κ2) is 6.49. The molecule has 2 unspecified atom stereocenters. The predicted octanol–water partition coefficient (Wildman–Crippen LogP) is 2.68. The standard InChI is InChI=1S/C19H18F2N4O/c20-14-6-13-10-25(24-18(13)17(7-14)19(22)26)16-3-1-11(2-4-16)12-5-15(21)9-23-8-12/h1-4,6-7,10,12,15,23H,5,8-9H2,(H2,22,26)/i12D. The van der Waals surface area contributed by atoms with E-state index >= 15 is 0 Å². The van der Waals surface area contributed by atoms with Crippen LogP contribution in [0.1, 0.15) is 29.6 Å². The minimum atomic E-state index is -1.05. The molecule has 26 heavy (non-hydrogen) atoms. The zero-order valence-electron chi connectivity index (χ0n) is 14.9. The lowest BCUT2D eigenvalue weighted by Crippen LogP contribution is -2.36. The molecule has 7 heteroatoms. The first-order valence-corrected chi connectivity index (χ1v) is 8.30. The van der Waals surface area contributed by atoms with Gasteiger partial charge in [0, 0.05) is 26.0 Å². The number of hydrogen-bond acceptors (Lipinski definition) is 3. The van der Waals surface area contributed by atoms with Gasteiger partial charge in [0.1, 0.15) is 17.5 Å². The number of alkyl halides is 1. The number of nitrogens with two attached hydrogens (primary N) is 1. The first kappa shape index (κ1) is 15.5. The molecule has 1 aromatic heterocycles. The molecule has 1 fully saturated rings. The summed E-state index contributed by atoms with van der Waals surface area (Å²) in [5, 5.41) is 7.76. The maximum atomic E-state index is 13.7. The normalized spacial score (nSPS) is 23.8. The van der Waals surface area contributed by atoms with Crippen LogP contribution in [0, 0.1) is 5.82 Å². The second-order valence-electron chi connectivity index (χ2n) is 6.41. The zero-order chi connectivity index (χ0) is 19.2. The Labute approximate surface area is 150 Å². The molecule has 0 aliphatic carbocycles. The van der Waals surface area contributed by atoms with E-state index < -0.39 is 23.8 Å². The molecule has 1 aliphatic rings. The molecule has 3 N–H and O–H groups in total. The Morgan fingerprint density at radius 1 is 1.31 bits per heavy atom. The van der Waals surface area contributed by atoms with Gasteiger partial charge in [-0.1, -0.05) is 12.1 Å². The number of primary amides is 1. The van der Waals surface area contributed by atoms with Crippen LogP contribution >= 0.6 is 0 Å². The molecule has 4 rings (SSSR count). The van der Waals surface area contributed by atoms with E-state index in [1.165, 1.54) is 10.7 Å². The van der Waals surface area contributed by atoms with Gasteiger partial charge in [-0.25, -0.2) is 13.5 Å². The van der Waals surface area contributed by atoms with Crippen LogP contribution in [0.5, 0.6) is 0 Å². The van der Waals surface area contributed by atoms with Crippen LogP contribution in [-0.2, 0) is 0 Å². The van der Waals surface area contributed by atoms with Crippen molar-refractivity contribution in [3.05, 3.63) is 59.5 Å². The number of nitrogens with zero attached hydrogens (tertiary/aromatic N) is 2. The van der Waals surface area contributed by atoms with Crippen molar-refractivity contribution >= 4 is 16.8 Å². The number of hydrogen-bond donors (Lipinski definition) is 2.